The molecule has 13 nitrogen and oxygen atoms in total. The maximum absolute atomic E-state index is 14.2. The Balaban J connectivity index is 1.16. The molecule has 1 amide bonds. The number of fused-ring (bicyclic) bond motifs is 1. The first-order valence-corrected chi connectivity index (χ1v) is 17.8. The van der Waals surface area contributed by atoms with Gasteiger partial charge in [0.05, 0.1) is 43.0 Å². The summed E-state index contributed by atoms with van der Waals surface area (Å²) in [5.74, 6) is -1.00. The van der Waals surface area contributed by atoms with Crippen molar-refractivity contribution >= 4 is 34.7 Å². The highest BCUT2D eigenvalue weighted by atomic mass is 19.4. The predicted molar refractivity (Wildman–Crippen MR) is 189 cm³/mol. The Labute approximate surface area is 304 Å². The van der Waals surface area contributed by atoms with E-state index in [9.17, 15) is 22.8 Å². The van der Waals surface area contributed by atoms with Gasteiger partial charge in [-0.05, 0) is 49.4 Å². The average Bonchev–Trinajstić information content (AvgIpc) is 3.76. The Morgan fingerprint density at radius 3 is 2.58 bits per heavy atom. The van der Waals surface area contributed by atoms with Gasteiger partial charge in [-0.15, -0.1) is 0 Å². The van der Waals surface area contributed by atoms with Crippen molar-refractivity contribution in [3.05, 3.63) is 59.2 Å². The molecule has 3 aliphatic rings. The van der Waals surface area contributed by atoms with E-state index >= 15 is 0 Å². The average molecular weight is 737 g/mol. The van der Waals surface area contributed by atoms with Crippen molar-refractivity contribution in [1.82, 2.24) is 29.8 Å². The first-order chi connectivity index (χ1) is 25.4. The van der Waals surface area contributed by atoms with Crippen LogP contribution in [0.3, 0.4) is 0 Å². The van der Waals surface area contributed by atoms with E-state index in [-0.39, 0.29) is 45.6 Å². The van der Waals surface area contributed by atoms with Gasteiger partial charge >= 0.3 is 12.1 Å². The van der Waals surface area contributed by atoms with E-state index in [1.54, 1.807) is 31.5 Å². The number of alkyl halides is 3. The second kappa shape index (κ2) is 15.0. The Kier molecular flexibility index (Phi) is 10.4. The van der Waals surface area contributed by atoms with E-state index in [1.807, 2.05) is 7.05 Å². The molecule has 2 aliphatic carbocycles. The van der Waals surface area contributed by atoms with Crippen LogP contribution in [-0.4, -0.2) is 102 Å². The summed E-state index contributed by atoms with van der Waals surface area (Å²) < 4.78 is 58.6. The Morgan fingerprint density at radius 2 is 1.91 bits per heavy atom. The quantitative estimate of drug-likeness (QED) is 0.176. The summed E-state index contributed by atoms with van der Waals surface area (Å²) in [6.07, 6.45) is 3.37. The van der Waals surface area contributed by atoms with Gasteiger partial charge < -0.3 is 24.1 Å². The molecule has 0 aromatic carbocycles. The number of anilines is 2. The van der Waals surface area contributed by atoms with E-state index in [0.29, 0.717) is 63.4 Å². The van der Waals surface area contributed by atoms with Gasteiger partial charge in [-0.25, -0.2) is 9.78 Å². The summed E-state index contributed by atoms with van der Waals surface area (Å²) in [7, 11) is 4.95. The first kappa shape index (κ1) is 36.7. The second-order valence-electron chi connectivity index (χ2n) is 14.4. The molecule has 1 saturated heterocycles. The molecular weight excluding hydrogens is 693 g/mol. The molecule has 7 rings (SSSR count). The number of aromatic nitrogens is 5. The molecule has 2 saturated carbocycles. The lowest BCUT2D eigenvalue weighted by Crippen LogP contribution is -2.46. The van der Waals surface area contributed by atoms with Crippen molar-refractivity contribution in [2.75, 3.05) is 64.3 Å². The number of carbonyl (C=O) groups excluding carboxylic acids is 2. The zero-order valence-electron chi connectivity index (χ0n) is 30.0. The summed E-state index contributed by atoms with van der Waals surface area (Å²) >= 11 is 0. The van der Waals surface area contributed by atoms with Crippen LogP contribution in [0.1, 0.15) is 71.8 Å². The molecule has 3 fully saturated rings. The zero-order valence-corrected chi connectivity index (χ0v) is 30.0. The van der Waals surface area contributed by atoms with Gasteiger partial charge in [-0.2, -0.15) is 18.2 Å². The van der Waals surface area contributed by atoms with Crippen LogP contribution < -0.4 is 10.2 Å². The molecule has 4 aromatic rings. The summed E-state index contributed by atoms with van der Waals surface area (Å²) in [4.78, 5) is 50.4. The molecule has 0 radical (unpaired) electrons. The number of hydrogen-bond acceptors (Lipinski definition) is 11. The lowest BCUT2D eigenvalue weighted by molar-refractivity contribution is -0.160. The highest BCUT2D eigenvalue weighted by Gasteiger charge is 2.40. The molecule has 0 bridgehead atoms. The molecule has 2 N–H and O–H groups in total. The fourth-order valence-electron chi connectivity index (χ4n) is 7.57. The lowest BCUT2D eigenvalue weighted by Gasteiger charge is -2.34. The fraction of sp³-hybridized carbons (Fsp3) is 0.514. The van der Waals surface area contributed by atoms with E-state index in [1.165, 1.54) is 13.3 Å². The SMILES string of the molecule is COCC1(CN(C)c2cc(-c3cnc(C4CC4)c(C(F)(F)F)c3)nc3nc(NC(=O)c4ccc(CN5CCOC(C(=O)OC)C5)cn4)[nH]c23)CCCC1. The van der Waals surface area contributed by atoms with Crippen molar-refractivity contribution in [3.8, 4) is 11.3 Å². The van der Waals surface area contributed by atoms with Gasteiger partial charge in [0, 0.05) is 69.6 Å². The highest BCUT2D eigenvalue weighted by molar-refractivity contribution is 6.03. The molecule has 4 aromatic heterocycles. The number of H-pyrrole nitrogens is 1. The van der Waals surface area contributed by atoms with Crippen LogP contribution in [0.4, 0.5) is 24.8 Å². The smallest absolute Gasteiger partial charge is 0.418 e. The molecule has 282 valence electrons. The number of imidazole rings is 1. The number of aromatic amines is 1. The Morgan fingerprint density at radius 1 is 1.11 bits per heavy atom. The van der Waals surface area contributed by atoms with Crippen molar-refractivity contribution in [2.24, 2.45) is 5.41 Å². The van der Waals surface area contributed by atoms with E-state index in [2.05, 4.69) is 40.0 Å². The summed E-state index contributed by atoms with van der Waals surface area (Å²) in [5.41, 5.74) is 2.16. The fourth-order valence-corrected chi connectivity index (χ4v) is 7.57. The van der Waals surface area contributed by atoms with Crippen LogP contribution in [0.5, 0.6) is 0 Å². The third-order valence-corrected chi connectivity index (χ3v) is 10.3. The number of methoxy groups -OCH3 is 2. The number of halogens is 3. The third-order valence-electron chi connectivity index (χ3n) is 10.3. The molecule has 53 heavy (non-hydrogen) atoms. The molecule has 1 unspecified atom stereocenters. The summed E-state index contributed by atoms with van der Waals surface area (Å²) in [5, 5.41) is 2.77. The van der Waals surface area contributed by atoms with Crippen molar-refractivity contribution in [2.45, 2.75) is 63.3 Å². The maximum Gasteiger partial charge on any atom is 0.418 e. The molecule has 1 atom stereocenters. The number of hydrogen-bond donors (Lipinski definition) is 2. The topological polar surface area (TPSA) is 148 Å². The van der Waals surface area contributed by atoms with Crippen LogP contribution in [0.15, 0.2) is 36.7 Å². The molecule has 0 spiro atoms. The Hall–Kier alpha value is -4.67. The number of rotatable bonds is 12. The predicted octanol–water partition coefficient (Wildman–Crippen LogP) is 5.58. The highest BCUT2D eigenvalue weighted by Crippen LogP contribution is 2.46. The van der Waals surface area contributed by atoms with Gasteiger partial charge in [-0.1, -0.05) is 18.9 Å². The van der Waals surface area contributed by atoms with Gasteiger partial charge in [0.1, 0.15) is 11.2 Å². The van der Waals surface area contributed by atoms with Crippen molar-refractivity contribution in [1.29, 1.82) is 0 Å². The maximum atomic E-state index is 14.2. The molecule has 16 heteroatoms. The number of carbonyl (C=O) groups is 2. The van der Waals surface area contributed by atoms with Gasteiger partial charge in [-0.3, -0.25) is 25.0 Å². The largest absolute Gasteiger partial charge is 0.467 e. The van der Waals surface area contributed by atoms with E-state index in [4.69, 9.17) is 14.2 Å². The zero-order chi connectivity index (χ0) is 37.3. The van der Waals surface area contributed by atoms with Crippen LogP contribution in [0.2, 0.25) is 0 Å². The standard InChI is InChI=1S/C37H43F3N8O5/c1-47(20-36(21-51-2)10-4-5-11-36)28-15-27(24-14-25(37(38,39)40)30(42-17-24)23-7-8-23)43-32-31(28)44-35(45-32)46-33(49)26-9-6-22(16-41-26)18-48-12-13-53-29(19-48)34(50)52-3/h6,9,14-17,23,29H,4-5,7-8,10-13,18-21H2,1-3H3,(H2,43,44,45,46,49). The number of amides is 1. The van der Waals surface area contributed by atoms with Crippen LogP contribution in [-0.2, 0) is 31.7 Å². The van der Waals surface area contributed by atoms with Crippen LogP contribution in [0.25, 0.3) is 22.4 Å². The minimum absolute atomic E-state index is 0.0714. The van der Waals surface area contributed by atoms with Gasteiger partial charge in [0.25, 0.3) is 5.91 Å². The second-order valence-corrected chi connectivity index (χ2v) is 14.4. The summed E-state index contributed by atoms with van der Waals surface area (Å²) in [6, 6.07) is 6.27. The number of nitrogens with zero attached hydrogens (tertiary/aromatic N) is 6. The Bertz CT molecular complexity index is 1960. The first-order valence-electron chi connectivity index (χ1n) is 17.8. The number of pyridine rings is 3. The number of esters is 1. The minimum atomic E-state index is -4.56. The third kappa shape index (κ3) is 8.14. The number of nitrogens with one attached hydrogen (secondary N) is 2. The van der Waals surface area contributed by atoms with Crippen molar-refractivity contribution < 1.29 is 37.0 Å². The van der Waals surface area contributed by atoms with Crippen LogP contribution in [0, 0.1) is 5.41 Å². The van der Waals surface area contributed by atoms with Gasteiger partial charge in [0.15, 0.2) is 11.8 Å². The molecule has 1 aliphatic heterocycles. The summed E-state index contributed by atoms with van der Waals surface area (Å²) in [6.45, 7) is 3.13. The monoisotopic (exact) mass is 736 g/mol. The lowest BCUT2D eigenvalue weighted by atomic mass is 9.86. The normalized spacial score (nSPS) is 19.0. The van der Waals surface area contributed by atoms with E-state index in [0.717, 1.165) is 37.3 Å². The molecule has 5 heterocycles. The molecular formula is C37H43F3N8O5. The van der Waals surface area contributed by atoms with Crippen molar-refractivity contribution in [3.63, 3.8) is 0 Å². The van der Waals surface area contributed by atoms with Crippen LogP contribution >= 0.6 is 0 Å². The number of morpholine rings is 1. The van der Waals surface area contributed by atoms with Gasteiger partial charge in [0.2, 0.25) is 5.95 Å². The minimum Gasteiger partial charge on any atom is -0.467 e. The number of ether oxygens (including phenoxy) is 3. The van der Waals surface area contributed by atoms with E-state index < -0.39 is 29.7 Å².